The molecule has 21 heavy (non-hydrogen) atoms. The van der Waals surface area contributed by atoms with Crippen LogP contribution in [0.3, 0.4) is 0 Å². The van der Waals surface area contributed by atoms with Crippen LogP contribution in [0.2, 0.25) is 0 Å². The number of rotatable bonds is 5. The van der Waals surface area contributed by atoms with Crippen molar-refractivity contribution in [2.75, 3.05) is 4.72 Å². The summed E-state index contributed by atoms with van der Waals surface area (Å²) in [6.07, 6.45) is 1.98. The molecular weight excluding hydrogens is 302 g/mol. The average Bonchev–Trinajstić information content (AvgIpc) is 2.48. The van der Waals surface area contributed by atoms with Gasteiger partial charge in [0, 0.05) is 17.2 Å². The maximum atomic E-state index is 13.6. The van der Waals surface area contributed by atoms with E-state index >= 15 is 0 Å². The molecule has 0 unspecified atom stereocenters. The first-order valence-electron chi connectivity index (χ1n) is 5.57. The summed E-state index contributed by atoms with van der Waals surface area (Å²) in [5, 5.41) is 8.67. The number of anilines is 1. The summed E-state index contributed by atoms with van der Waals surface area (Å²) in [7, 11) is 0. The lowest BCUT2D eigenvalue weighted by atomic mass is 10.2. The van der Waals surface area contributed by atoms with Gasteiger partial charge in [0.05, 0.1) is 11.3 Å². The predicted molar refractivity (Wildman–Crippen MR) is 72.4 cm³/mol. The molecule has 0 bridgehead atoms. The number of aromatic nitrogens is 1. The van der Waals surface area contributed by atoms with Gasteiger partial charge in [-0.05, 0) is 30.1 Å². The van der Waals surface area contributed by atoms with Crippen LogP contribution in [-0.2, 0) is 0 Å². The molecule has 2 N–H and O–H groups in total. The standard InChI is InChI=1S/C13H8F2N2O3S/c14-10-4-12(11(15)3-9(10)13(19)20)17-21-8-2-1-7(6-18)16-5-8/h1-6,17H,(H,19,20). The van der Waals surface area contributed by atoms with Crippen LogP contribution in [0.5, 0.6) is 0 Å². The number of hydrogen-bond acceptors (Lipinski definition) is 5. The molecule has 1 heterocycles. The number of carboxylic acid groups (broad SMARTS) is 1. The van der Waals surface area contributed by atoms with Gasteiger partial charge >= 0.3 is 5.97 Å². The first-order chi connectivity index (χ1) is 10.0. The van der Waals surface area contributed by atoms with E-state index in [1.54, 1.807) is 6.07 Å². The van der Waals surface area contributed by atoms with Gasteiger partial charge < -0.3 is 9.83 Å². The Bertz CT molecular complexity index is 693. The molecule has 0 aliphatic carbocycles. The van der Waals surface area contributed by atoms with Crippen LogP contribution in [-0.4, -0.2) is 22.3 Å². The van der Waals surface area contributed by atoms with E-state index in [0.29, 0.717) is 17.2 Å². The SMILES string of the molecule is O=Cc1ccc(SNc2cc(F)c(C(=O)O)cc2F)cn1. The number of halogens is 2. The zero-order valence-corrected chi connectivity index (χ0v) is 11.2. The third-order valence-corrected chi connectivity index (χ3v) is 3.25. The van der Waals surface area contributed by atoms with Crippen molar-refractivity contribution in [2.24, 2.45) is 0 Å². The highest BCUT2D eigenvalue weighted by molar-refractivity contribution is 8.00. The third kappa shape index (κ3) is 3.54. The van der Waals surface area contributed by atoms with Gasteiger partial charge in [-0.25, -0.2) is 13.6 Å². The predicted octanol–water partition coefficient (Wildman–Crippen LogP) is 2.99. The van der Waals surface area contributed by atoms with Crippen molar-refractivity contribution in [3.05, 3.63) is 53.4 Å². The van der Waals surface area contributed by atoms with Crippen LogP contribution in [0, 0.1) is 11.6 Å². The van der Waals surface area contributed by atoms with Crippen molar-refractivity contribution < 1.29 is 23.5 Å². The summed E-state index contributed by atoms with van der Waals surface area (Å²) in [6.45, 7) is 0. The lowest BCUT2D eigenvalue weighted by Gasteiger charge is -2.08. The summed E-state index contributed by atoms with van der Waals surface area (Å²) in [4.78, 5) is 25.5. The molecule has 0 saturated carbocycles. The van der Waals surface area contributed by atoms with E-state index in [1.165, 1.54) is 12.3 Å². The number of aldehydes is 1. The van der Waals surface area contributed by atoms with E-state index in [-0.39, 0.29) is 11.4 Å². The van der Waals surface area contributed by atoms with Gasteiger partial charge in [0.1, 0.15) is 17.3 Å². The van der Waals surface area contributed by atoms with Crippen molar-refractivity contribution >= 4 is 29.9 Å². The van der Waals surface area contributed by atoms with E-state index in [2.05, 4.69) is 9.71 Å². The topological polar surface area (TPSA) is 79.3 Å². The van der Waals surface area contributed by atoms with Crippen molar-refractivity contribution in [3.63, 3.8) is 0 Å². The highest BCUT2D eigenvalue weighted by Gasteiger charge is 2.15. The Kier molecular flexibility index (Phi) is 4.49. The molecule has 5 nitrogen and oxygen atoms in total. The number of nitrogens with one attached hydrogen (secondary N) is 1. The van der Waals surface area contributed by atoms with E-state index in [9.17, 15) is 18.4 Å². The highest BCUT2D eigenvalue weighted by Crippen LogP contribution is 2.25. The van der Waals surface area contributed by atoms with Gasteiger partial charge in [0.15, 0.2) is 6.29 Å². The van der Waals surface area contributed by atoms with Crippen LogP contribution in [0.15, 0.2) is 35.4 Å². The number of aromatic carboxylic acids is 1. The minimum atomic E-state index is -1.54. The second kappa shape index (κ2) is 6.31. The molecule has 0 fully saturated rings. The molecule has 1 aromatic carbocycles. The fraction of sp³-hybridized carbons (Fsp3) is 0. The molecule has 2 aromatic rings. The van der Waals surface area contributed by atoms with Gasteiger partial charge in [-0.1, -0.05) is 0 Å². The number of benzene rings is 1. The third-order valence-electron chi connectivity index (χ3n) is 2.45. The second-order valence-electron chi connectivity index (χ2n) is 3.86. The Morgan fingerprint density at radius 3 is 2.62 bits per heavy atom. The maximum Gasteiger partial charge on any atom is 0.338 e. The normalized spacial score (nSPS) is 10.2. The van der Waals surface area contributed by atoms with Crippen molar-refractivity contribution in [3.8, 4) is 0 Å². The van der Waals surface area contributed by atoms with E-state index in [1.807, 2.05) is 0 Å². The Morgan fingerprint density at radius 1 is 1.29 bits per heavy atom. The smallest absolute Gasteiger partial charge is 0.338 e. The highest BCUT2D eigenvalue weighted by atomic mass is 32.2. The van der Waals surface area contributed by atoms with Crippen molar-refractivity contribution in [1.29, 1.82) is 0 Å². The summed E-state index contributed by atoms with van der Waals surface area (Å²) in [5.41, 5.74) is -0.676. The molecule has 0 atom stereocenters. The van der Waals surface area contributed by atoms with Crippen LogP contribution in [0.4, 0.5) is 14.5 Å². The average molecular weight is 310 g/mol. The fourth-order valence-corrected chi connectivity index (χ4v) is 2.05. The molecule has 8 heteroatoms. The molecule has 2 rings (SSSR count). The van der Waals surface area contributed by atoms with Crippen LogP contribution < -0.4 is 4.72 Å². The molecule has 0 spiro atoms. The molecule has 1 aromatic heterocycles. The summed E-state index contributed by atoms with van der Waals surface area (Å²) >= 11 is 0.947. The van der Waals surface area contributed by atoms with Gasteiger partial charge in [0.25, 0.3) is 0 Å². The van der Waals surface area contributed by atoms with Crippen molar-refractivity contribution in [2.45, 2.75) is 4.90 Å². The molecule has 0 aliphatic heterocycles. The minimum absolute atomic E-state index is 0.193. The first-order valence-corrected chi connectivity index (χ1v) is 6.39. The number of carbonyl (C=O) groups is 2. The van der Waals surface area contributed by atoms with Crippen LogP contribution >= 0.6 is 11.9 Å². The van der Waals surface area contributed by atoms with Crippen molar-refractivity contribution in [1.82, 2.24) is 4.98 Å². The van der Waals surface area contributed by atoms with E-state index < -0.39 is 23.2 Å². The second-order valence-corrected chi connectivity index (χ2v) is 4.74. The van der Waals surface area contributed by atoms with E-state index in [0.717, 1.165) is 18.0 Å². The van der Waals surface area contributed by atoms with Gasteiger partial charge in [0.2, 0.25) is 0 Å². The Labute approximate surface area is 122 Å². The molecular formula is C13H8F2N2O3S. The van der Waals surface area contributed by atoms with E-state index in [4.69, 9.17) is 5.11 Å². The molecule has 0 saturated heterocycles. The quantitative estimate of drug-likeness (QED) is 0.653. The van der Waals surface area contributed by atoms with Gasteiger partial charge in [-0.15, -0.1) is 0 Å². The fourth-order valence-electron chi connectivity index (χ4n) is 1.42. The number of carboxylic acids is 1. The largest absolute Gasteiger partial charge is 0.478 e. The van der Waals surface area contributed by atoms with Gasteiger partial charge in [-0.2, -0.15) is 0 Å². The molecule has 0 amide bonds. The lowest BCUT2D eigenvalue weighted by Crippen LogP contribution is -2.03. The first kappa shape index (κ1) is 14.9. The minimum Gasteiger partial charge on any atom is -0.478 e. The molecule has 108 valence electrons. The monoisotopic (exact) mass is 310 g/mol. The Balaban J connectivity index is 2.14. The summed E-state index contributed by atoms with van der Waals surface area (Å²) in [5.74, 6) is -3.47. The Morgan fingerprint density at radius 2 is 2.05 bits per heavy atom. The molecule has 0 aliphatic rings. The number of pyridine rings is 1. The van der Waals surface area contributed by atoms with Gasteiger partial charge in [-0.3, -0.25) is 9.78 Å². The number of hydrogen-bond donors (Lipinski definition) is 2. The van der Waals surface area contributed by atoms with Crippen LogP contribution in [0.1, 0.15) is 20.8 Å². The zero-order valence-electron chi connectivity index (χ0n) is 10.3. The lowest BCUT2D eigenvalue weighted by molar-refractivity contribution is 0.0691. The van der Waals surface area contributed by atoms with Crippen LogP contribution in [0.25, 0.3) is 0 Å². The Hall–Kier alpha value is -2.48. The zero-order chi connectivity index (χ0) is 15.4. The summed E-state index contributed by atoms with van der Waals surface area (Å²) in [6, 6.07) is 4.42. The molecule has 0 radical (unpaired) electrons. The summed E-state index contributed by atoms with van der Waals surface area (Å²) < 4.78 is 29.7. The number of carbonyl (C=O) groups excluding carboxylic acids is 1. The number of nitrogens with zero attached hydrogens (tertiary/aromatic N) is 1. The maximum absolute atomic E-state index is 13.6.